The van der Waals surface area contributed by atoms with Crippen LogP contribution in [0, 0.1) is 5.92 Å². The Morgan fingerprint density at radius 2 is 1.62 bits per heavy atom. The number of amides is 2. The number of nitrogens with two attached hydrogens (primary N) is 1. The van der Waals surface area contributed by atoms with Gasteiger partial charge in [-0.2, -0.15) is 0 Å². The van der Waals surface area contributed by atoms with E-state index in [1.54, 1.807) is 0 Å². The van der Waals surface area contributed by atoms with Gasteiger partial charge in [0.25, 0.3) is 0 Å². The molecule has 2 saturated carbocycles. The Kier molecular flexibility index (Phi) is 8.81. The van der Waals surface area contributed by atoms with Crippen LogP contribution in [-0.4, -0.2) is 45.0 Å². The third kappa shape index (κ3) is 6.58. The first-order chi connectivity index (χ1) is 20.1. The molecule has 4 N–H and O–H groups in total. The summed E-state index contributed by atoms with van der Waals surface area (Å²) in [6.45, 7) is 6.53. The fourth-order valence-electron chi connectivity index (χ4n) is 7.06. The molecule has 2 aliphatic rings. The van der Waals surface area contributed by atoms with Gasteiger partial charge in [-0.1, -0.05) is 61.5 Å². The maximum Gasteiger partial charge on any atom is 0.225 e. The van der Waals surface area contributed by atoms with Gasteiger partial charge >= 0.3 is 0 Å². The molecule has 222 valence electrons. The van der Waals surface area contributed by atoms with Gasteiger partial charge in [0.05, 0.1) is 5.60 Å². The predicted molar refractivity (Wildman–Crippen MR) is 168 cm³/mol. The Morgan fingerprint density at radius 1 is 0.976 bits per heavy atom. The molecular weight excluding hydrogens is 524 g/mol. The number of carbonyl (C=O) groups is 2. The molecule has 0 radical (unpaired) electrons. The van der Waals surface area contributed by atoms with Crippen LogP contribution >= 0.6 is 0 Å². The van der Waals surface area contributed by atoms with Crippen LogP contribution in [-0.2, 0) is 15.1 Å². The van der Waals surface area contributed by atoms with Crippen LogP contribution in [0.4, 0.5) is 5.82 Å². The van der Waals surface area contributed by atoms with Gasteiger partial charge in [0.2, 0.25) is 11.8 Å². The first-order valence-corrected chi connectivity index (χ1v) is 15.4. The number of hydrogen-bond acceptors (Lipinski definition) is 5. The molecule has 0 unspecified atom stereocenters. The molecule has 2 aliphatic carbocycles. The highest BCUT2D eigenvalue weighted by Crippen LogP contribution is 2.46. The van der Waals surface area contributed by atoms with Crippen LogP contribution in [0.1, 0.15) is 77.7 Å². The monoisotopic (exact) mass is 568 g/mol. The van der Waals surface area contributed by atoms with E-state index in [0.717, 1.165) is 60.0 Å². The Bertz CT molecular complexity index is 1390. The maximum atomic E-state index is 13.1. The summed E-state index contributed by atoms with van der Waals surface area (Å²) in [6.07, 6.45) is 7.71. The van der Waals surface area contributed by atoms with E-state index in [1.165, 1.54) is 0 Å². The number of nitrogens with one attached hydrogen (secondary N) is 1. The topological polar surface area (TPSA) is 109 Å². The highest BCUT2D eigenvalue weighted by atomic mass is 16.3. The molecule has 0 atom stereocenters. The number of benzene rings is 2. The highest BCUT2D eigenvalue weighted by molar-refractivity contribution is 5.92. The van der Waals surface area contributed by atoms with E-state index in [1.807, 2.05) is 68.3 Å². The summed E-state index contributed by atoms with van der Waals surface area (Å²) in [6, 6.07) is 20.6. The molecule has 5 rings (SSSR count). The number of rotatable bonds is 9. The summed E-state index contributed by atoms with van der Waals surface area (Å²) in [5, 5.41) is 13.3. The lowest BCUT2D eigenvalue weighted by Gasteiger charge is -2.49. The molecule has 0 aliphatic heterocycles. The van der Waals surface area contributed by atoms with E-state index in [9.17, 15) is 14.7 Å². The smallest absolute Gasteiger partial charge is 0.225 e. The number of hydrogen-bond donors (Lipinski definition) is 3. The summed E-state index contributed by atoms with van der Waals surface area (Å²) in [4.78, 5) is 32.0. The second-order valence-corrected chi connectivity index (χ2v) is 12.5. The van der Waals surface area contributed by atoms with Crippen molar-refractivity contribution in [3.63, 3.8) is 0 Å². The van der Waals surface area contributed by atoms with Crippen molar-refractivity contribution in [1.82, 2.24) is 9.88 Å². The van der Waals surface area contributed by atoms with Crippen molar-refractivity contribution < 1.29 is 14.7 Å². The van der Waals surface area contributed by atoms with Crippen LogP contribution in [0.2, 0.25) is 0 Å². The van der Waals surface area contributed by atoms with E-state index in [0.29, 0.717) is 37.4 Å². The second kappa shape index (κ2) is 12.4. The van der Waals surface area contributed by atoms with Crippen LogP contribution in [0.3, 0.4) is 0 Å². The molecule has 2 aromatic carbocycles. The van der Waals surface area contributed by atoms with Crippen molar-refractivity contribution in [2.45, 2.75) is 89.3 Å². The number of aliphatic hydroxyl groups is 1. The summed E-state index contributed by atoms with van der Waals surface area (Å²) in [5.74, 6) is 1.04. The summed E-state index contributed by atoms with van der Waals surface area (Å²) < 4.78 is 0. The number of pyridine rings is 1. The third-order valence-electron chi connectivity index (χ3n) is 9.11. The number of carbonyl (C=O) groups excluding carboxylic acids is 2. The van der Waals surface area contributed by atoms with E-state index in [4.69, 9.17) is 5.73 Å². The van der Waals surface area contributed by atoms with Crippen LogP contribution in [0.25, 0.3) is 22.3 Å². The Labute approximate surface area is 249 Å². The normalized spacial score (nSPS) is 25.4. The maximum absolute atomic E-state index is 13.1. The van der Waals surface area contributed by atoms with Gasteiger partial charge in [-0.05, 0) is 86.6 Å². The standard InChI is InChI=1S/C35H44N4O3/c1-4-33(41)39(5-2)28-17-11-24(12-18-28)19-32(40)38-31-20-29(25-9-7-6-8-10-25)30(21-37-31)26-13-15-27(16-14-26)35(36)22-34(3,42)23-35/h6-10,13-16,20-21,24,28,42H,4-5,11-12,17-19,22-23,36H2,1-3H3,(H,37,38,40). The second-order valence-electron chi connectivity index (χ2n) is 12.5. The summed E-state index contributed by atoms with van der Waals surface area (Å²) in [7, 11) is 0. The molecule has 0 bridgehead atoms. The van der Waals surface area contributed by atoms with Gasteiger partial charge in [0, 0.05) is 42.7 Å². The Balaban J connectivity index is 1.28. The fraction of sp³-hybridized carbons (Fsp3) is 0.457. The molecule has 0 spiro atoms. The lowest BCUT2D eigenvalue weighted by molar-refractivity contribution is -0.134. The molecule has 3 aromatic rings. The largest absolute Gasteiger partial charge is 0.390 e. The molecule has 1 heterocycles. The van der Waals surface area contributed by atoms with Gasteiger partial charge in [-0.3, -0.25) is 9.59 Å². The lowest BCUT2D eigenvalue weighted by Crippen LogP contribution is -2.58. The molecular formula is C35H44N4O3. The Morgan fingerprint density at radius 3 is 2.21 bits per heavy atom. The van der Waals surface area contributed by atoms with E-state index >= 15 is 0 Å². The SMILES string of the molecule is CCC(=O)N(CC)C1CCC(CC(=O)Nc2cc(-c3ccccc3)c(-c3ccc(C4(N)CC(C)(O)C4)cc3)cn2)CC1. The minimum atomic E-state index is -0.706. The quantitative estimate of drug-likeness (QED) is 0.282. The minimum Gasteiger partial charge on any atom is -0.390 e. The van der Waals surface area contributed by atoms with Gasteiger partial charge in [-0.25, -0.2) is 4.98 Å². The van der Waals surface area contributed by atoms with Crippen molar-refractivity contribution in [2.24, 2.45) is 11.7 Å². The molecule has 2 amide bonds. The van der Waals surface area contributed by atoms with Crippen molar-refractivity contribution >= 4 is 17.6 Å². The van der Waals surface area contributed by atoms with Crippen LogP contribution in [0.15, 0.2) is 66.9 Å². The first kappa shape index (κ1) is 29.9. The van der Waals surface area contributed by atoms with Crippen molar-refractivity contribution in [1.29, 1.82) is 0 Å². The molecule has 42 heavy (non-hydrogen) atoms. The van der Waals surface area contributed by atoms with Gasteiger partial charge in [0.1, 0.15) is 5.82 Å². The van der Waals surface area contributed by atoms with Crippen LogP contribution in [0.5, 0.6) is 0 Å². The molecule has 2 fully saturated rings. The van der Waals surface area contributed by atoms with E-state index in [2.05, 4.69) is 34.6 Å². The van der Waals surface area contributed by atoms with Crippen molar-refractivity contribution in [2.75, 3.05) is 11.9 Å². The lowest BCUT2D eigenvalue weighted by atomic mass is 9.63. The van der Waals surface area contributed by atoms with Gasteiger partial charge < -0.3 is 21.1 Å². The Hall–Kier alpha value is -3.55. The first-order valence-electron chi connectivity index (χ1n) is 15.4. The molecule has 1 aromatic heterocycles. The fourth-order valence-corrected chi connectivity index (χ4v) is 7.06. The number of nitrogens with zero attached hydrogens (tertiary/aromatic N) is 2. The average molecular weight is 569 g/mol. The van der Waals surface area contributed by atoms with E-state index < -0.39 is 11.1 Å². The highest BCUT2D eigenvalue weighted by Gasteiger charge is 2.49. The molecule has 0 saturated heterocycles. The molecule has 7 nitrogen and oxygen atoms in total. The molecule has 7 heteroatoms. The van der Waals surface area contributed by atoms with Crippen LogP contribution < -0.4 is 11.1 Å². The van der Waals surface area contributed by atoms with Gasteiger partial charge in [-0.15, -0.1) is 0 Å². The average Bonchev–Trinajstić information content (AvgIpc) is 2.97. The third-order valence-corrected chi connectivity index (χ3v) is 9.11. The van der Waals surface area contributed by atoms with Crippen molar-refractivity contribution in [3.8, 4) is 22.3 Å². The number of aromatic nitrogens is 1. The number of anilines is 1. The summed E-state index contributed by atoms with van der Waals surface area (Å²) >= 11 is 0. The zero-order valence-corrected chi connectivity index (χ0v) is 25.1. The summed E-state index contributed by atoms with van der Waals surface area (Å²) in [5.41, 5.74) is 10.4. The van der Waals surface area contributed by atoms with E-state index in [-0.39, 0.29) is 17.9 Å². The zero-order chi connectivity index (χ0) is 29.9. The van der Waals surface area contributed by atoms with Crippen molar-refractivity contribution in [3.05, 3.63) is 72.4 Å². The van der Waals surface area contributed by atoms with Gasteiger partial charge in [0.15, 0.2) is 0 Å². The minimum absolute atomic E-state index is 0.0244. The predicted octanol–water partition coefficient (Wildman–Crippen LogP) is 6.26. The zero-order valence-electron chi connectivity index (χ0n) is 25.1.